The topological polar surface area (TPSA) is 48.1 Å². The van der Waals surface area contributed by atoms with E-state index in [-0.39, 0.29) is 17.6 Å². The van der Waals surface area contributed by atoms with E-state index in [2.05, 4.69) is 68.2 Å². The van der Waals surface area contributed by atoms with Crippen LogP contribution in [0.3, 0.4) is 0 Å². The molecule has 0 aliphatic heterocycles. The molecule has 1 atom stereocenters. The van der Waals surface area contributed by atoms with Gasteiger partial charge in [0, 0.05) is 29.2 Å². The molecule has 1 unspecified atom stereocenters. The smallest absolute Gasteiger partial charge is 0.126 e. The van der Waals surface area contributed by atoms with Crippen LogP contribution in [-0.4, -0.2) is 17.1 Å². The van der Waals surface area contributed by atoms with Gasteiger partial charge in [-0.3, -0.25) is 4.98 Å². The minimum absolute atomic E-state index is 0.0645. The van der Waals surface area contributed by atoms with Crippen molar-refractivity contribution in [3.05, 3.63) is 71.5 Å². The molecule has 4 rings (SSSR count). The van der Waals surface area contributed by atoms with E-state index in [1.807, 2.05) is 12.4 Å². The largest absolute Gasteiger partial charge is 0.490 e. The van der Waals surface area contributed by atoms with Crippen molar-refractivity contribution in [2.24, 2.45) is 5.73 Å². The third kappa shape index (κ3) is 3.64. The summed E-state index contributed by atoms with van der Waals surface area (Å²) < 4.78 is 6.61. The van der Waals surface area contributed by atoms with Crippen molar-refractivity contribution in [2.45, 2.75) is 70.4 Å². The number of aryl methyl sites for hydroxylation is 2. The maximum Gasteiger partial charge on any atom is 0.126 e. The van der Waals surface area contributed by atoms with Gasteiger partial charge in [0.25, 0.3) is 0 Å². The van der Waals surface area contributed by atoms with Gasteiger partial charge in [0.2, 0.25) is 0 Å². The molecule has 0 saturated heterocycles. The van der Waals surface area contributed by atoms with E-state index in [0.717, 1.165) is 37.9 Å². The minimum atomic E-state index is 0.0645. The molecule has 152 valence electrons. The summed E-state index contributed by atoms with van der Waals surface area (Å²) in [5.74, 6) is 1.04. The molecule has 0 bridgehead atoms. The van der Waals surface area contributed by atoms with Crippen molar-refractivity contribution in [1.82, 2.24) is 4.98 Å². The summed E-state index contributed by atoms with van der Waals surface area (Å²) in [5.41, 5.74) is 10.5. The summed E-state index contributed by atoms with van der Waals surface area (Å²) in [6.07, 6.45) is 9.25. The molecule has 0 spiro atoms. The third-order valence-electron chi connectivity index (χ3n) is 6.93. The van der Waals surface area contributed by atoms with Crippen molar-refractivity contribution in [3.8, 4) is 5.75 Å². The first-order chi connectivity index (χ1) is 14.0. The van der Waals surface area contributed by atoms with Crippen LogP contribution >= 0.6 is 0 Å². The standard InChI is InChI=1S/C26H32N2O/c1-4-24(27)26(21-8-6-5-7-9-21)13-10-22(11-14-26)29-25-18(2)16-20-17-28-15-12-23(20)19(25)3/h5-9,12,15-17,22,24H,4,10-11,13-14,27H2,1-3H3/t22-,24?,26+. The molecular weight excluding hydrogens is 356 g/mol. The first-order valence-electron chi connectivity index (χ1n) is 10.9. The second kappa shape index (κ2) is 8.16. The van der Waals surface area contributed by atoms with Gasteiger partial charge >= 0.3 is 0 Å². The molecule has 1 aliphatic carbocycles. The Morgan fingerprint density at radius 1 is 1.14 bits per heavy atom. The highest BCUT2D eigenvalue weighted by molar-refractivity contribution is 5.87. The summed E-state index contributed by atoms with van der Waals surface area (Å²) in [7, 11) is 0. The summed E-state index contributed by atoms with van der Waals surface area (Å²) >= 11 is 0. The van der Waals surface area contributed by atoms with Crippen molar-refractivity contribution in [1.29, 1.82) is 0 Å². The van der Waals surface area contributed by atoms with Crippen LogP contribution in [-0.2, 0) is 5.41 Å². The Balaban J connectivity index is 1.56. The number of fused-ring (bicyclic) bond motifs is 1. The van der Waals surface area contributed by atoms with Gasteiger partial charge in [0.05, 0.1) is 6.10 Å². The lowest BCUT2D eigenvalue weighted by atomic mass is 9.64. The molecular formula is C26H32N2O. The number of nitrogens with two attached hydrogens (primary N) is 1. The molecule has 2 aromatic carbocycles. The number of aromatic nitrogens is 1. The molecule has 3 heteroatoms. The summed E-state index contributed by atoms with van der Waals surface area (Å²) in [5, 5.41) is 2.40. The van der Waals surface area contributed by atoms with Crippen molar-refractivity contribution < 1.29 is 4.74 Å². The molecule has 1 fully saturated rings. The second-order valence-corrected chi connectivity index (χ2v) is 8.60. The van der Waals surface area contributed by atoms with Crippen LogP contribution in [0.4, 0.5) is 0 Å². The predicted octanol–water partition coefficient (Wildman–Crippen LogP) is 5.85. The zero-order chi connectivity index (χ0) is 20.4. The van der Waals surface area contributed by atoms with E-state index in [9.17, 15) is 0 Å². The Bertz CT molecular complexity index is 975. The monoisotopic (exact) mass is 388 g/mol. The van der Waals surface area contributed by atoms with Gasteiger partial charge in [-0.15, -0.1) is 0 Å². The molecule has 1 saturated carbocycles. The number of hydrogen-bond acceptors (Lipinski definition) is 3. The minimum Gasteiger partial charge on any atom is -0.490 e. The molecule has 0 amide bonds. The first-order valence-corrected chi connectivity index (χ1v) is 10.9. The van der Waals surface area contributed by atoms with Crippen LogP contribution in [0.5, 0.6) is 5.75 Å². The van der Waals surface area contributed by atoms with Crippen molar-refractivity contribution in [2.75, 3.05) is 0 Å². The van der Waals surface area contributed by atoms with Gasteiger partial charge in [0.1, 0.15) is 5.75 Å². The molecule has 3 nitrogen and oxygen atoms in total. The predicted molar refractivity (Wildman–Crippen MR) is 120 cm³/mol. The fraction of sp³-hybridized carbons (Fsp3) is 0.423. The Hall–Kier alpha value is -2.39. The lowest BCUT2D eigenvalue weighted by molar-refractivity contribution is 0.102. The van der Waals surface area contributed by atoms with Crippen LogP contribution in [0.1, 0.15) is 55.7 Å². The van der Waals surface area contributed by atoms with Gasteiger partial charge in [-0.25, -0.2) is 0 Å². The SMILES string of the molecule is CCC(N)[C@]1(c2ccccc2)CC[C@H](Oc2c(C)cc3cnccc3c2C)CC1. The first kappa shape index (κ1) is 19.9. The maximum absolute atomic E-state index is 6.68. The van der Waals surface area contributed by atoms with Gasteiger partial charge in [-0.2, -0.15) is 0 Å². The molecule has 3 aromatic rings. The average Bonchev–Trinajstić information content (AvgIpc) is 2.77. The fourth-order valence-electron chi connectivity index (χ4n) is 5.19. The number of nitrogens with zero attached hydrogens (tertiary/aromatic N) is 1. The van der Waals surface area contributed by atoms with Gasteiger partial charge in [0.15, 0.2) is 0 Å². The normalized spacial score (nSPS) is 23.1. The quantitative estimate of drug-likeness (QED) is 0.596. The lowest BCUT2D eigenvalue weighted by Crippen LogP contribution is -2.48. The molecule has 2 N–H and O–H groups in total. The summed E-state index contributed by atoms with van der Waals surface area (Å²) in [6, 6.07) is 15.3. The number of benzene rings is 2. The summed E-state index contributed by atoms with van der Waals surface area (Å²) in [6.45, 7) is 6.50. The number of ether oxygens (including phenoxy) is 1. The Morgan fingerprint density at radius 2 is 1.86 bits per heavy atom. The molecule has 29 heavy (non-hydrogen) atoms. The van der Waals surface area contributed by atoms with E-state index < -0.39 is 0 Å². The zero-order valence-electron chi connectivity index (χ0n) is 17.8. The van der Waals surface area contributed by atoms with E-state index in [0.29, 0.717) is 0 Å². The average molecular weight is 389 g/mol. The Morgan fingerprint density at radius 3 is 2.55 bits per heavy atom. The third-order valence-corrected chi connectivity index (χ3v) is 6.93. The Kier molecular flexibility index (Phi) is 5.60. The van der Waals surface area contributed by atoms with Gasteiger partial charge < -0.3 is 10.5 Å². The highest BCUT2D eigenvalue weighted by Gasteiger charge is 2.41. The van der Waals surface area contributed by atoms with Crippen LogP contribution in [0.2, 0.25) is 0 Å². The fourth-order valence-corrected chi connectivity index (χ4v) is 5.19. The van der Waals surface area contributed by atoms with Crippen LogP contribution in [0, 0.1) is 13.8 Å². The summed E-state index contributed by atoms with van der Waals surface area (Å²) in [4.78, 5) is 4.26. The van der Waals surface area contributed by atoms with Crippen LogP contribution in [0.15, 0.2) is 54.9 Å². The molecule has 1 aromatic heterocycles. The van der Waals surface area contributed by atoms with Crippen LogP contribution < -0.4 is 10.5 Å². The van der Waals surface area contributed by atoms with Gasteiger partial charge in [-0.1, -0.05) is 37.3 Å². The van der Waals surface area contributed by atoms with E-state index >= 15 is 0 Å². The number of hydrogen-bond donors (Lipinski definition) is 1. The van der Waals surface area contributed by atoms with Crippen molar-refractivity contribution in [3.63, 3.8) is 0 Å². The molecule has 0 radical (unpaired) electrons. The van der Waals surface area contributed by atoms with E-state index in [1.165, 1.54) is 27.5 Å². The Labute approximate surface area is 174 Å². The second-order valence-electron chi connectivity index (χ2n) is 8.60. The number of pyridine rings is 1. The highest BCUT2D eigenvalue weighted by Crippen LogP contribution is 2.44. The van der Waals surface area contributed by atoms with Crippen LogP contribution in [0.25, 0.3) is 10.8 Å². The van der Waals surface area contributed by atoms with E-state index in [1.54, 1.807) is 0 Å². The molecule has 1 aliphatic rings. The lowest BCUT2D eigenvalue weighted by Gasteiger charge is -2.44. The zero-order valence-corrected chi connectivity index (χ0v) is 17.8. The van der Waals surface area contributed by atoms with Gasteiger partial charge in [-0.05, 0) is 80.2 Å². The van der Waals surface area contributed by atoms with E-state index in [4.69, 9.17) is 10.5 Å². The highest BCUT2D eigenvalue weighted by atomic mass is 16.5. The van der Waals surface area contributed by atoms with Crippen molar-refractivity contribution >= 4 is 10.8 Å². The maximum atomic E-state index is 6.68. The number of rotatable bonds is 5. The molecule has 1 heterocycles.